The lowest BCUT2D eigenvalue weighted by atomic mass is 10.2. The lowest BCUT2D eigenvalue weighted by molar-refractivity contribution is 0.611. The topological polar surface area (TPSA) is 47.0 Å². The molecule has 0 radical (unpaired) electrons. The van der Waals surface area contributed by atoms with Crippen LogP contribution in [0.25, 0.3) is 0 Å². The van der Waals surface area contributed by atoms with E-state index in [1.165, 1.54) is 38.8 Å². The van der Waals surface area contributed by atoms with Gasteiger partial charge < -0.3 is 11.5 Å². The van der Waals surface area contributed by atoms with Crippen molar-refractivity contribution in [3.05, 3.63) is 0 Å². The molecule has 0 amide bonds. The summed E-state index contributed by atoms with van der Waals surface area (Å²) in [5.41, 5.74) is 0. The van der Waals surface area contributed by atoms with Crippen LogP contribution in [0.4, 0.5) is 0 Å². The summed E-state index contributed by atoms with van der Waals surface area (Å²) < 4.78 is 0. The van der Waals surface area contributed by atoms with E-state index in [9.17, 15) is 0 Å². The van der Waals surface area contributed by atoms with Crippen molar-refractivity contribution in [3.63, 3.8) is 0 Å². The monoisotopic (exact) mass is 146 g/mol. The van der Waals surface area contributed by atoms with E-state index in [1.807, 2.05) is 0 Å². The first-order valence-corrected chi connectivity index (χ1v) is 4.12. The van der Waals surface area contributed by atoms with Crippen LogP contribution >= 0.6 is 0 Å². The molecule has 0 saturated heterocycles. The molecule has 0 aromatic carbocycles. The van der Waals surface area contributed by atoms with E-state index < -0.39 is 0 Å². The maximum absolute atomic E-state index is 3.37. The molecular weight excluding hydrogens is 124 g/mol. The molecule has 0 atom stereocenters. The molecule has 2 nitrogen and oxygen atoms in total. The minimum atomic E-state index is 0. The summed E-state index contributed by atoms with van der Waals surface area (Å²) in [5, 5.41) is 3.37. The predicted octanol–water partition coefficient (Wildman–Crippen LogP) is 2.34. The van der Waals surface area contributed by atoms with Gasteiger partial charge >= 0.3 is 0 Å². The van der Waals surface area contributed by atoms with E-state index in [0.717, 1.165) is 0 Å². The van der Waals surface area contributed by atoms with E-state index >= 15 is 0 Å². The molecule has 4 N–H and O–H groups in total. The second-order valence-corrected chi connectivity index (χ2v) is 2.46. The molecule has 0 aliphatic carbocycles. The highest BCUT2D eigenvalue weighted by molar-refractivity contribution is 4.45. The van der Waals surface area contributed by atoms with Crippen LogP contribution in [0.3, 0.4) is 0 Å². The third kappa shape index (κ3) is 10.8. The maximum atomic E-state index is 3.37. The minimum absolute atomic E-state index is 0. The highest BCUT2D eigenvalue weighted by Gasteiger charge is 1.83. The van der Waals surface area contributed by atoms with Crippen LogP contribution in [0.2, 0.25) is 0 Å². The van der Waals surface area contributed by atoms with Crippen molar-refractivity contribution >= 4 is 0 Å². The number of hydrogen-bond donors (Lipinski definition) is 2. The summed E-state index contributed by atoms with van der Waals surface area (Å²) in [5.74, 6) is 0. The molecule has 64 valence electrons. The summed E-state index contributed by atoms with van der Waals surface area (Å²) in [6, 6.07) is 0. The van der Waals surface area contributed by atoms with Crippen LogP contribution in [-0.2, 0) is 0 Å². The van der Waals surface area contributed by atoms with Gasteiger partial charge in [0.05, 0.1) is 0 Å². The van der Waals surface area contributed by atoms with Gasteiger partial charge in [-0.3, -0.25) is 0 Å². The fourth-order valence-electron chi connectivity index (χ4n) is 0.802. The Morgan fingerprint density at radius 1 is 0.900 bits per heavy atom. The number of rotatable bonds is 6. The van der Waals surface area contributed by atoms with Crippen molar-refractivity contribution in [3.8, 4) is 0 Å². The van der Waals surface area contributed by atoms with Crippen molar-refractivity contribution < 1.29 is 0 Å². The summed E-state index contributed by atoms with van der Waals surface area (Å²) in [6.45, 7) is 6.83. The fraction of sp³-hybridized carbons (Fsp3) is 1.00. The molecule has 0 spiro atoms. The van der Waals surface area contributed by atoms with Crippen LogP contribution in [-0.4, -0.2) is 13.1 Å². The summed E-state index contributed by atoms with van der Waals surface area (Å²) in [6.07, 6.45) is 5.30. The second kappa shape index (κ2) is 11.7. The molecule has 0 saturated carbocycles. The normalized spacial score (nSPS) is 9.00. The quantitative estimate of drug-likeness (QED) is 0.565. The van der Waals surface area contributed by atoms with Crippen molar-refractivity contribution in [1.82, 2.24) is 11.5 Å². The Morgan fingerprint density at radius 2 is 1.60 bits per heavy atom. The summed E-state index contributed by atoms with van der Waals surface area (Å²) in [4.78, 5) is 0. The Kier molecular flexibility index (Phi) is 14.7. The van der Waals surface area contributed by atoms with Gasteiger partial charge in [0.15, 0.2) is 0 Å². The molecule has 0 fully saturated rings. The predicted molar refractivity (Wildman–Crippen MR) is 47.7 cm³/mol. The van der Waals surface area contributed by atoms with Gasteiger partial charge in [-0.25, -0.2) is 0 Å². The lowest BCUT2D eigenvalue weighted by Crippen LogP contribution is -2.15. The third-order valence-electron chi connectivity index (χ3n) is 1.38. The first kappa shape index (κ1) is 12.6. The molecule has 0 heterocycles. The Balaban J connectivity index is 0. The molecule has 0 aromatic rings. The lowest BCUT2D eigenvalue weighted by Gasteiger charge is -1.99. The van der Waals surface area contributed by atoms with Gasteiger partial charge in [-0.05, 0) is 25.9 Å². The van der Waals surface area contributed by atoms with Gasteiger partial charge in [-0.2, -0.15) is 0 Å². The van der Waals surface area contributed by atoms with Gasteiger partial charge in [0.1, 0.15) is 0 Å². The molecule has 2 heteroatoms. The summed E-state index contributed by atoms with van der Waals surface area (Å²) >= 11 is 0. The average Bonchev–Trinajstić information content (AvgIpc) is 1.89. The van der Waals surface area contributed by atoms with Gasteiger partial charge in [0.2, 0.25) is 0 Å². The second-order valence-electron chi connectivity index (χ2n) is 2.46. The Morgan fingerprint density at radius 3 is 2.10 bits per heavy atom. The zero-order chi connectivity index (χ0) is 6.95. The summed E-state index contributed by atoms with van der Waals surface area (Å²) in [7, 11) is 0. The van der Waals surface area contributed by atoms with Crippen LogP contribution < -0.4 is 11.5 Å². The van der Waals surface area contributed by atoms with Crippen LogP contribution in [0.15, 0.2) is 0 Å². The van der Waals surface area contributed by atoms with Gasteiger partial charge in [-0.15, -0.1) is 0 Å². The Bertz CT molecular complexity index is 40.5. The minimum Gasteiger partial charge on any atom is -0.344 e. The number of unbranched alkanes of at least 4 members (excludes halogenated alkanes) is 2. The zero-order valence-electron chi connectivity index (χ0n) is 7.45. The standard InChI is InChI=1S/C8H19N.H3N/c1-3-5-6-8-9-7-4-2;/h9H,3-8H2,1-2H3;1H3. The van der Waals surface area contributed by atoms with Crippen LogP contribution in [0, 0.1) is 0 Å². The van der Waals surface area contributed by atoms with Gasteiger partial charge in [-0.1, -0.05) is 26.7 Å². The third-order valence-corrected chi connectivity index (χ3v) is 1.38. The van der Waals surface area contributed by atoms with E-state index in [0.29, 0.717) is 0 Å². The molecule has 0 rings (SSSR count). The first-order chi connectivity index (χ1) is 4.41. The molecule has 0 aliphatic heterocycles. The van der Waals surface area contributed by atoms with Crippen molar-refractivity contribution in [2.45, 2.75) is 39.5 Å². The van der Waals surface area contributed by atoms with E-state index in [2.05, 4.69) is 19.2 Å². The number of nitrogens with one attached hydrogen (secondary N) is 1. The Hall–Kier alpha value is -0.0800. The van der Waals surface area contributed by atoms with Crippen molar-refractivity contribution in [2.24, 2.45) is 0 Å². The average molecular weight is 146 g/mol. The highest BCUT2D eigenvalue weighted by atomic mass is 14.8. The number of hydrogen-bond acceptors (Lipinski definition) is 2. The molecule has 10 heavy (non-hydrogen) atoms. The van der Waals surface area contributed by atoms with E-state index in [1.54, 1.807) is 0 Å². The van der Waals surface area contributed by atoms with Gasteiger partial charge in [0.25, 0.3) is 0 Å². The molecule has 0 aliphatic rings. The maximum Gasteiger partial charge on any atom is -0.00489 e. The van der Waals surface area contributed by atoms with Crippen molar-refractivity contribution in [1.29, 1.82) is 0 Å². The Labute approximate surface area is 65.0 Å². The molecule has 0 unspecified atom stereocenters. The van der Waals surface area contributed by atoms with Crippen LogP contribution in [0.1, 0.15) is 39.5 Å². The van der Waals surface area contributed by atoms with Gasteiger partial charge in [0, 0.05) is 0 Å². The molecule has 0 aromatic heterocycles. The fourth-order valence-corrected chi connectivity index (χ4v) is 0.802. The van der Waals surface area contributed by atoms with Crippen molar-refractivity contribution in [2.75, 3.05) is 13.1 Å². The van der Waals surface area contributed by atoms with E-state index in [-0.39, 0.29) is 6.15 Å². The van der Waals surface area contributed by atoms with E-state index in [4.69, 9.17) is 0 Å². The first-order valence-electron chi connectivity index (χ1n) is 4.12. The van der Waals surface area contributed by atoms with Crippen LogP contribution in [0.5, 0.6) is 0 Å². The molecule has 0 bridgehead atoms. The smallest absolute Gasteiger partial charge is 0.00489 e. The molecular formula is C8H22N2. The SMILES string of the molecule is CCCCCNCCC.N. The zero-order valence-corrected chi connectivity index (χ0v) is 7.45. The highest BCUT2D eigenvalue weighted by Crippen LogP contribution is 1.90. The largest absolute Gasteiger partial charge is 0.344 e.